The molecule has 13 aromatic rings. The van der Waals surface area contributed by atoms with Gasteiger partial charge in [-0.1, -0.05) is 84.4 Å². The number of nitrogen functional groups attached to an aromatic ring is 4. The van der Waals surface area contributed by atoms with E-state index in [0.717, 1.165) is 45.1 Å². The smallest absolute Gasteiger partial charge is 0.248 e. The van der Waals surface area contributed by atoms with Crippen LogP contribution in [0.1, 0.15) is 29.3 Å². The second-order valence-electron chi connectivity index (χ2n) is 20.1. The number of nitrogens with two attached hydrogens (primary N) is 4. The zero-order valence-corrected chi connectivity index (χ0v) is 50.9. The van der Waals surface area contributed by atoms with E-state index >= 15 is 0 Å². The molecular weight excluding hydrogens is 1190 g/mol. The number of aryl methyl sites for hydroxylation is 4. The number of carbonyl (C=O) groups is 1. The first-order chi connectivity index (χ1) is 44.5. The lowest BCUT2D eigenvalue weighted by atomic mass is 10.0. The van der Waals surface area contributed by atoms with Crippen LogP contribution in [0.15, 0.2) is 201 Å². The predicted octanol–water partition coefficient (Wildman–Crippen LogP) is 11.6. The molecule has 28 heteroatoms. The van der Waals surface area contributed by atoms with Crippen LogP contribution in [0.2, 0.25) is 5.02 Å². The van der Waals surface area contributed by atoms with Gasteiger partial charge in [-0.2, -0.15) is 38.7 Å². The van der Waals surface area contributed by atoms with Crippen molar-refractivity contribution in [1.29, 1.82) is 0 Å². The molecule has 0 aliphatic rings. The SMILES string of the molecule is CC(=O)Nc1ccc(Nc2nc(N)n(-c3cccc(C)n3)n2)cc1.Cc1cc(-c2ccccc2)ccc1Nc1nc(N)n(-c2ccccn2)n1.Cc1ccc(Nc2nc(N)n(-c3ccccn3)n2)c(Cl)c1.Cc1ccc(Nc2nc(N)n(-c3ccccn3)n2)c(F)c1. The average Bonchev–Trinajstić information content (AvgIpc) is 1.77. The minimum absolute atomic E-state index is 0.116. The van der Waals surface area contributed by atoms with Crippen molar-refractivity contribution in [3.63, 3.8) is 0 Å². The lowest BCUT2D eigenvalue weighted by Crippen LogP contribution is -2.05. The van der Waals surface area contributed by atoms with Gasteiger partial charge in [0, 0.05) is 48.3 Å². The quantitative estimate of drug-likeness (QED) is 0.0488. The summed E-state index contributed by atoms with van der Waals surface area (Å²) in [4.78, 5) is 44.7. The van der Waals surface area contributed by atoms with E-state index in [1.165, 1.54) is 42.8 Å². The van der Waals surface area contributed by atoms with Crippen LogP contribution in [0, 0.1) is 33.5 Å². The monoisotopic (exact) mass is 1250 g/mol. The zero-order valence-electron chi connectivity index (χ0n) is 50.2. The van der Waals surface area contributed by atoms with Gasteiger partial charge in [0.1, 0.15) is 5.82 Å². The van der Waals surface area contributed by atoms with Crippen molar-refractivity contribution in [1.82, 2.24) is 79.0 Å². The number of carbonyl (C=O) groups excluding carboxylic acids is 1. The molecule has 13 rings (SSSR count). The minimum atomic E-state index is -0.372. The van der Waals surface area contributed by atoms with Crippen LogP contribution >= 0.6 is 11.6 Å². The maximum absolute atomic E-state index is 13.8. The number of benzene rings is 5. The maximum Gasteiger partial charge on any atom is 0.248 e. The van der Waals surface area contributed by atoms with Gasteiger partial charge in [-0.15, -0.1) is 20.4 Å². The topological polar surface area (TPSA) is 356 Å². The summed E-state index contributed by atoms with van der Waals surface area (Å²) in [5.74, 6) is 4.20. The van der Waals surface area contributed by atoms with Crippen molar-refractivity contribution in [2.75, 3.05) is 49.5 Å². The molecule has 0 aliphatic carbocycles. The highest BCUT2D eigenvalue weighted by Gasteiger charge is 2.16. The van der Waals surface area contributed by atoms with E-state index in [2.05, 4.69) is 111 Å². The second kappa shape index (κ2) is 28.9. The predicted molar refractivity (Wildman–Crippen MR) is 357 cm³/mol. The summed E-state index contributed by atoms with van der Waals surface area (Å²) in [6.07, 6.45) is 4.99. The molecule has 13 N–H and O–H groups in total. The molecule has 5 aromatic carbocycles. The summed E-state index contributed by atoms with van der Waals surface area (Å²) < 4.78 is 19.6. The number of nitrogens with one attached hydrogen (secondary N) is 5. The Kier molecular flexibility index (Phi) is 19.6. The summed E-state index contributed by atoms with van der Waals surface area (Å²) in [6.45, 7) is 9.20. The molecule has 0 fully saturated rings. The summed E-state index contributed by atoms with van der Waals surface area (Å²) >= 11 is 6.17. The van der Waals surface area contributed by atoms with Gasteiger partial charge in [-0.25, -0.2) is 24.3 Å². The fourth-order valence-corrected chi connectivity index (χ4v) is 8.94. The van der Waals surface area contributed by atoms with E-state index in [9.17, 15) is 9.18 Å². The number of halogens is 2. The van der Waals surface area contributed by atoms with Gasteiger partial charge in [0.25, 0.3) is 0 Å². The molecule has 1 amide bonds. The average molecular weight is 1250 g/mol. The van der Waals surface area contributed by atoms with Crippen LogP contribution in [-0.4, -0.2) is 84.9 Å². The lowest BCUT2D eigenvalue weighted by molar-refractivity contribution is -0.114. The number of hydrogen-bond donors (Lipinski definition) is 9. The van der Waals surface area contributed by atoms with Crippen molar-refractivity contribution in [3.05, 3.63) is 234 Å². The normalized spacial score (nSPS) is 10.6. The molecule has 0 saturated heterocycles. The third-order valence-corrected chi connectivity index (χ3v) is 13.3. The number of nitrogens with zero attached hydrogens (tertiary/aromatic N) is 16. The number of aromatic nitrogens is 16. The molecule has 92 heavy (non-hydrogen) atoms. The Labute approximate surface area is 531 Å². The minimum Gasteiger partial charge on any atom is -0.368 e. The van der Waals surface area contributed by atoms with Crippen LogP contribution in [0.4, 0.5) is 80.4 Å². The highest BCUT2D eigenvalue weighted by atomic mass is 35.5. The first-order valence-corrected chi connectivity index (χ1v) is 28.6. The largest absolute Gasteiger partial charge is 0.368 e. The molecule has 8 heterocycles. The van der Waals surface area contributed by atoms with E-state index in [1.54, 1.807) is 61.1 Å². The van der Waals surface area contributed by atoms with E-state index in [0.29, 0.717) is 51.8 Å². The van der Waals surface area contributed by atoms with Crippen molar-refractivity contribution in [2.24, 2.45) is 0 Å². The molecule has 462 valence electrons. The molecule has 0 radical (unpaired) electrons. The van der Waals surface area contributed by atoms with Gasteiger partial charge < -0.3 is 49.5 Å². The third kappa shape index (κ3) is 16.3. The van der Waals surface area contributed by atoms with Crippen molar-refractivity contribution < 1.29 is 9.18 Å². The number of hydrogen-bond acceptors (Lipinski definition) is 21. The Morgan fingerprint density at radius 3 is 1.33 bits per heavy atom. The first kappa shape index (κ1) is 62.4. The molecule has 0 atom stereocenters. The third-order valence-electron chi connectivity index (χ3n) is 13.0. The fourth-order valence-electron chi connectivity index (χ4n) is 8.65. The van der Waals surface area contributed by atoms with E-state index in [1.807, 2.05) is 137 Å². The van der Waals surface area contributed by atoms with Gasteiger partial charge in [0.05, 0.1) is 16.4 Å². The van der Waals surface area contributed by atoms with Crippen molar-refractivity contribution in [2.45, 2.75) is 34.6 Å². The Hall–Kier alpha value is -12.7. The Balaban J connectivity index is 0.000000135. The Bertz CT molecular complexity index is 4470. The van der Waals surface area contributed by atoms with Crippen molar-refractivity contribution >= 4 is 93.5 Å². The van der Waals surface area contributed by atoms with Gasteiger partial charge >= 0.3 is 0 Å². The maximum atomic E-state index is 13.8. The zero-order chi connectivity index (χ0) is 64.7. The number of pyridine rings is 4. The van der Waals surface area contributed by atoms with Crippen LogP contribution in [0.25, 0.3) is 34.4 Å². The Morgan fingerprint density at radius 1 is 0.424 bits per heavy atom. The van der Waals surface area contributed by atoms with E-state index in [4.69, 9.17) is 34.5 Å². The highest BCUT2D eigenvalue weighted by molar-refractivity contribution is 6.33. The molecule has 8 aromatic heterocycles. The highest BCUT2D eigenvalue weighted by Crippen LogP contribution is 2.29. The van der Waals surface area contributed by atoms with E-state index < -0.39 is 0 Å². The summed E-state index contributed by atoms with van der Waals surface area (Å²) in [5, 5.41) is 32.6. The molecule has 0 bridgehead atoms. The molecule has 0 saturated carbocycles. The number of amides is 1. The van der Waals surface area contributed by atoms with Crippen LogP contribution in [0.5, 0.6) is 0 Å². The molecule has 0 unspecified atom stereocenters. The van der Waals surface area contributed by atoms with Crippen LogP contribution in [0.3, 0.4) is 0 Å². The van der Waals surface area contributed by atoms with Crippen LogP contribution < -0.4 is 49.5 Å². The molecule has 0 spiro atoms. The van der Waals surface area contributed by atoms with Crippen LogP contribution in [-0.2, 0) is 4.79 Å². The van der Waals surface area contributed by atoms with E-state index in [-0.39, 0.29) is 41.5 Å². The summed E-state index contributed by atoms with van der Waals surface area (Å²) in [5.41, 5.74) is 33.2. The molecule has 26 nitrogen and oxygen atoms in total. The van der Waals surface area contributed by atoms with Gasteiger partial charge in [0.2, 0.25) is 53.5 Å². The van der Waals surface area contributed by atoms with Crippen molar-refractivity contribution in [3.8, 4) is 34.4 Å². The van der Waals surface area contributed by atoms with Gasteiger partial charge in [0.15, 0.2) is 23.3 Å². The standard InChI is InChI=1S/C20H18N6.C16H17N7O.C14H13ClN6.C14H13FN6/c1-14-13-16(15-7-3-2-4-8-15)10-11-17(14)23-20-24-19(21)26(25-20)18-9-5-6-12-22-18;1-10-4-3-5-14(18-10)23-15(17)21-16(22-23)20-13-8-6-12(7-9-13)19-11(2)24;2*1-9-5-6-11(10(15)8-9)18-14-19-13(16)21(20-14)12-4-2-3-7-17-12/h2-13H,1H3,(H3,21,23,24,25);3-9H,1-2H3,(H,19,24)(H3,17,20,21,22);2*2-8H,1H3,(H3,16,18,19,20). The molecule has 0 aliphatic heterocycles. The number of anilines is 13. The second-order valence-corrected chi connectivity index (χ2v) is 20.6. The van der Waals surface area contributed by atoms with Gasteiger partial charge in [-0.3, -0.25) is 4.79 Å². The first-order valence-electron chi connectivity index (χ1n) is 28.2. The fraction of sp³-hybridized carbons (Fsp3) is 0.0781. The summed E-state index contributed by atoms with van der Waals surface area (Å²) in [7, 11) is 0. The summed E-state index contributed by atoms with van der Waals surface area (Å²) in [6, 6.07) is 56.2. The Morgan fingerprint density at radius 2 is 0.859 bits per heavy atom. The lowest BCUT2D eigenvalue weighted by Gasteiger charge is -2.09. The van der Waals surface area contributed by atoms with Gasteiger partial charge in [-0.05, 0) is 165 Å². The number of rotatable bonds is 14. The molecular formula is C64H61ClFN25O.